The highest BCUT2D eigenvalue weighted by Crippen LogP contribution is 2.30. The molecule has 0 aliphatic heterocycles. The minimum atomic E-state index is -3.83. The number of sulfonamides is 1. The molecule has 0 spiro atoms. The highest BCUT2D eigenvalue weighted by molar-refractivity contribution is 7.89. The molecular weight excluding hydrogens is 313 g/mol. The lowest BCUT2D eigenvalue weighted by atomic mass is 9.94. The third kappa shape index (κ3) is 3.02. The number of aromatic carboxylic acids is 1. The molecule has 1 aliphatic rings. The van der Waals surface area contributed by atoms with Crippen molar-refractivity contribution >= 4 is 39.2 Å². The van der Waals surface area contributed by atoms with Gasteiger partial charge in [-0.3, -0.25) is 0 Å². The van der Waals surface area contributed by atoms with E-state index < -0.39 is 16.0 Å². The molecule has 0 heterocycles. The zero-order valence-corrected chi connectivity index (χ0v) is 12.0. The van der Waals surface area contributed by atoms with Crippen molar-refractivity contribution in [1.29, 1.82) is 0 Å². The van der Waals surface area contributed by atoms with E-state index in [1.807, 2.05) is 0 Å². The minimum Gasteiger partial charge on any atom is -0.478 e. The van der Waals surface area contributed by atoms with Crippen molar-refractivity contribution in [3.63, 3.8) is 0 Å². The number of nitrogens with one attached hydrogen (secondary N) is 1. The van der Waals surface area contributed by atoms with E-state index in [-0.39, 0.29) is 26.5 Å². The average molecular weight is 324 g/mol. The molecule has 0 radical (unpaired) electrons. The van der Waals surface area contributed by atoms with Gasteiger partial charge >= 0.3 is 5.97 Å². The quantitative estimate of drug-likeness (QED) is 0.891. The highest BCUT2D eigenvalue weighted by Gasteiger charge is 2.27. The van der Waals surface area contributed by atoms with Crippen molar-refractivity contribution in [1.82, 2.24) is 4.72 Å². The van der Waals surface area contributed by atoms with E-state index in [0.717, 1.165) is 31.4 Å². The Kier molecular flexibility index (Phi) is 4.06. The monoisotopic (exact) mass is 323 g/mol. The summed E-state index contributed by atoms with van der Waals surface area (Å²) in [5, 5.41) is 8.75. The fourth-order valence-electron chi connectivity index (χ4n) is 1.71. The second kappa shape index (κ2) is 5.28. The van der Waals surface area contributed by atoms with E-state index in [1.165, 1.54) is 0 Å². The first kappa shape index (κ1) is 14.6. The van der Waals surface area contributed by atoms with Crippen LogP contribution in [0.15, 0.2) is 17.0 Å². The summed E-state index contributed by atoms with van der Waals surface area (Å²) in [6.07, 6.45) is 2.52. The maximum Gasteiger partial charge on any atom is 0.337 e. The van der Waals surface area contributed by atoms with Crippen molar-refractivity contribution in [3.8, 4) is 0 Å². The maximum atomic E-state index is 12.1. The van der Waals surface area contributed by atoms with Crippen LogP contribution in [-0.2, 0) is 10.0 Å². The lowest BCUT2D eigenvalue weighted by Crippen LogP contribution is -2.39. The molecule has 0 bridgehead atoms. The summed E-state index contributed by atoms with van der Waals surface area (Å²) in [7, 11) is -3.83. The van der Waals surface area contributed by atoms with E-state index in [4.69, 9.17) is 28.3 Å². The number of benzene rings is 1. The molecule has 0 unspecified atom stereocenters. The molecular formula is C11H11Cl2NO4S. The number of carboxylic acid groups (broad SMARTS) is 1. The third-order valence-corrected chi connectivity index (χ3v) is 5.27. The van der Waals surface area contributed by atoms with Crippen LogP contribution in [0.1, 0.15) is 29.6 Å². The molecule has 0 atom stereocenters. The Balaban J connectivity index is 2.43. The summed E-state index contributed by atoms with van der Waals surface area (Å²) in [6.45, 7) is 0. The first-order chi connectivity index (χ1) is 8.81. The van der Waals surface area contributed by atoms with Gasteiger partial charge in [0.15, 0.2) is 0 Å². The molecule has 0 aromatic heterocycles. The number of carbonyl (C=O) groups is 1. The number of carboxylic acids is 1. The van der Waals surface area contributed by atoms with Gasteiger partial charge in [0, 0.05) is 6.04 Å². The molecule has 1 saturated carbocycles. The SMILES string of the molecule is O=C(O)c1cc(S(=O)(=O)NC2CCC2)c(Cl)cc1Cl. The van der Waals surface area contributed by atoms with Gasteiger partial charge in [0.2, 0.25) is 10.0 Å². The molecule has 104 valence electrons. The highest BCUT2D eigenvalue weighted by atomic mass is 35.5. The Bertz CT molecular complexity index is 626. The Morgan fingerprint density at radius 3 is 2.37 bits per heavy atom. The number of hydrogen-bond donors (Lipinski definition) is 2. The second-order valence-electron chi connectivity index (χ2n) is 4.32. The van der Waals surface area contributed by atoms with E-state index in [0.29, 0.717) is 0 Å². The van der Waals surface area contributed by atoms with Gasteiger partial charge < -0.3 is 5.11 Å². The van der Waals surface area contributed by atoms with Crippen molar-refractivity contribution in [2.45, 2.75) is 30.2 Å². The van der Waals surface area contributed by atoms with Crippen LogP contribution < -0.4 is 4.72 Å². The topological polar surface area (TPSA) is 83.5 Å². The largest absolute Gasteiger partial charge is 0.478 e. The lowest BCUT2D eigenvalue weighted by molar-refractivity contribution is 0.0697. The molecule has 2 N–H and O–H groups in total. The lowest BCUT2D eigenvalue weighted by Gasteiger charge is -2.26. The van der Waals surface area contributed by atoms with Gasteiger partial charge in [-0.25, -0.2) is 17.9 Å². The standard InChI is InChI=1S/C11H11Cl2NO4S/c12-8-5-9(13)10(4-7(8)11(15)16)19(17,18)14-6-2-1-3-6/h4-6,14H,1-3H2,(H,15,16). The summed E-state index contributed by atoms with van der Waals surface area (Å²) in [5.74, 6) is -1.30. The predicted octanol–water partition coefficient (Wildman–Crippen LogP) is 2.52. The molecule has 19 heavy (non-hydrogen) atoms. The van der Waals surface area contributed by atoms with Gasteiger partial charge in [-0.15, -0.1) is 0 Å². The molecule has 1 fully saturated rings. The van der Waals surface area contributed by atoms with Crippen molar-refractivity contribution in [3.05, 3.63) is 27.7 Å². The van der Waals surface area contributed by atoms with Crippen LogP contribution in [0.25, 0.3) is 0 Å². The van der Waals surface area contributed by atoms with Gasteiger partial charge in [-0.2, -0.15) is 0 Å². The van der Waals surface area contributed by atoms with Crippen LogP contribution in [0.5, 0.6) is 0 Å². The van der Waals surface area contributed by atoms with Crippen LogP contribution in [0.3, 0.4) is 0 Å². The summed E-state index contributed by atoms with van der Waals surface area (Å²) in [4.78, 5) is 10.7. The molecule has 1 aromatic carbocycles. The van der Waals surface area contributed by atoms with Gasteiger partial charge in [-0.05, 0) is 25.0 Å². The predicted molar refractivity (Wildman–Crippen MR) is 71.4 cm³/mol. The van der Waals surface area contributed by atoms with Crippen molar-refractivity contribution < 1.29 is 18.3 Å². The van der Waals surface area contributed by atoms with Gasteiger partial charge in [0.1, 0.15) is 4.90 Å². The van der Waals surface area contributed by atoms with Gasteiger partial charge in [0.05, 0.1) is 15.6 Å². The van der Waals surface area contributed by atoms with Crippen LogP contribution in [-0.4, -0.2) is 25.5 Å². The Morgan fingerprint density at radius 2 is 1.89 bits per heavy atom. The number of hydrogen-bond acceptors (Lipinski definition) is 3. The van der Waals surface area contributed by atoms with Crippen LogP contribution in [0, 0.1) is 0 Å². The number of halogens is 2. The van der Waals surface area contributed by atoms with Crippen molar-refractivity contribution in [2.75, 3.05) is 0 Å². The number of rotatable bonds is 4. The molecule has 8 heteroatoms. The van der Waals surface area contributed by atoms with E-state index in [9.17, 15) is 13.2 Å². The Labute approximate surface area is 120 Å². The fourth-order valence-corrected chi connectivity index (χ4v) is 3.87. The van der Waals surface area contributed by atoms with Gasteiger partial charge in [-0.1, -0.05) is 29.6 Å². The van der Waals surface area contributed by atoms with Crippen LogP contribution >= 0.6 is 23.2 Å². The molecule has 0 amide bonds. The zero-order valence-electron chi connectivity index (χ0n) is 9.69. The van der Waals surface area contributed by atoms with E-state index in [1.54, 1.807) is 0 Å². The molecule has 1 aliphatic carbocycles. The first-order valence-corrected chi connectivity index (χ1v) is 7.80. The minimum absolute atomic E-state index is 0.0955. The van der Waals surface area contributed by atoms with E-state index in [2.05, 4.69) is 4.72 Å². The molecule has 1 aromatic rings. The fraction of sp³-hybridized carbons (Fsp3) is 0.364. The Morgan fingerprint density at radius 1 is 1.26 bits per heavy atom. The van der Waals surface area contributed by atoms with Crippen molar-refractivity contribution in [2.24, 2.45) is 0 Å². The normalized spacial score (nSPS) is 16.1. The molecule has 5 nitrogen and oxygen atoms in total. The summed E-state index contributed by atoms with van der Waals surface area (Å²) in [6, 6.07) is 2.00. The molecule has 2 rings (SSSR count). The summed E-state index contributed by atoms with van der Waals surface area (Å²) in [5.41, 5.74) is -0.292. The molecule has 0 saturated heterocycles. The van der Waals surface area contributed by atoms with Crippen LogP contribution in [0.2, 0.25) is 10.0 Å². The Hall–Kier alpha value is -0.820. The first-order valence-electron chi connectivity index (χ1n) is 5.56. The van der Waals surface area contributed by atoms with E-state index >= 15 is 0 Å². The average Bonchev–Trinajstić information content (AvgIpc) is 2.22. The third-order valence-electron chi connectivity index (χ3n) is 2.97. The summed E-state index contributed by atoms with van der Waals surface area (Å²) < 4.78 is 26.7. The zero-order chi connectivity index (χ0) is 14.2. The smallest absolute Gasteiger partial charge is 0.337 e. The van der Waals surface area contributed by atoms with Gasteiger partial charge in [0.25, 0.3) is 0 Å². The van der Waals surface area contributed by atoms with Crippen LogP contribution in [0.4, 0.5) is 0 Å². The maximum absolute atomic E-state index is 12.1. The summed E-state index contributed by atoms with van der Waals surface area (Å²) >= 11 is 11.5. The second-order valence-corrected chi connectivity index (χ2v) is 6.81.